The van der Waals surface area contributed by atoms with E-state index in [1.165, 1.54) is 32.1 Å². The van der Waals surface area contributed by atoms with Crippen LogP contribution in [0.3, 0.4) is 0 Å². The van der Waals surface area contributed by atoms with Crippen molar-refractivity contribution in [3.05, 3.63) is 29.8 Å². The number of amides is 1. The fourth-order valence-corrected chi connectivity index (χ4v) is 2.81. The molecule has 2 N–H and O–H groups in total. The highest BCUT2D eigenvalue weighted by atomic mass is 16.1. The Morgan fingerprint density at radius 3 is 2.32 bits per heavy atom. The number of hydrogen-bond donors (Lipinski definition) is 2. The molecule has 0 aromatic heterocycles. The molecule has 0 spiro atoms. The smallest absolute Gasteiger partial charge is 0.251 e. The van der Waals surface area contributed by atoms with Crippen molar-refractivity contribution in [3.8, 4) is 0 Å². The van der Waals surface area contributed by atoms with Crippen molar-refractivity contribution < 1.29 is 4.79 Å². The van der Waals surface area contributed by atoms with Crippen LogP contribution >= 0.6 is 0 Å². The Bertz CT molecular complexity index is 405. The van der Waals surface area contributed by atoms with E-state index in [0.717, 1.165) is 11.6 Å². The number of benzene rings is 1. The Hall–Kier alpha value is -1.51. The van der Waals surface area contributed by atoms with Gasteiger partial charge < -0.3 is 10.6 Å². The molecule has 19 heavy (non-hydrogen) atoms. The Labute approximate surface area is 115 Å². The lowest BCUT2D eigenvalue weighted by molar-refractivity contribution is 0.0963. The van der Waals surface area contributed by atoms with Crippen molar-refractivity contribution in [2.24, 2.45) is 5.92 Å². The monoisotopic (exact) mass is 260 g/mol. The molecule has 1 aliphatic carbocycles. The van der Waals surface area contributed by atoms with Gasteiger partial charge in [-0.15, -0.1) is 0 Å². The number of carbonyl (C=O) groups is 1. The van der Waals surface area contributed by atoms with Gasteiger partial charge in [-0.25, -0.2) is 0 Å². The molecular weight excluding hydrogens is 236 g/mol. The van der Waals surface area contributed by atoms with Crippen molar-refractivity contribution in [2.45, 2.75) is 45.1 Å². The van der Waals surface area contributed by atoms with Crippen molar-refractivity contribution in [1.82, 2.24) is 5.32 Å². The third-order valence-electron chi connectivity index (χ3n) is 4.17. The summed E-state index contributed by atoms with van der Waals surface area (Å²) in [5.41, 5.74) is 1.83. The summed E-state index contributed by atoms with van der Waals surface area (Å²) in [5, 5.41) is 6.21. The van der Waals surface area contributed by atoms with Gasteiger partial charge in [-0.2, -0.15) is 0 Å². The van der Waals surface area contributed by atoms with Gasteiger partial charge in [-0.1, -0.05) is 13.3 Å². The summed E-state index contributed by atoms with van der Waals surface area (Å²) in [6.45, 7) is 2.29. The van der Waals surface area contributed by atoms with Gasteiger partial charge in [0.2, 0.25) is 0 Å². The molecule has 1 aliphatic rings. The van der Waals surface area contributed by atoms with Crippen molar-refractivity contribution in [2.75, 3.05) is 12.4 Å². The third kappa shape index (κ3) is 3.72. The Balaban J connectivity index is 1.88. The molecule has 1 amide bonds. The first-order valence-corrected chi connectivity index (χ1v) is 7.31. The lowest BCUT2D eigenvalue weighted by Crippen LogP contribution is -2.26. The van der Waals surface area contributed by atoms with E-state index >= 15 is 0 Å². The summed E-state index contributed by atoms with van der Waals surface area (Å²) in [6.07, 6.45) is 6.51. The number of rotatable bonds is 4. The minimum absolute atomic E-state index is 0.0324. The highest BCUT2D eigenvalue weighted by Crippen LogP contribution is 2.28. The topological polar surface area (TPSA) is 41.1 Å². The largest absolute Gasteiger partial charge is 0.382 e. The van der Waals surface area contributed by atoms with Crippen LogP contribution in [-0.4, -0.2) is 19.0 Å². The molecule has 0 unspecified atom stereocenters. The molecule has 2 rings (SSSR count). The molecule has 0 atom stereocenters. The van der Waals surface area contributed by atoms with E-state index in [-0.39, 0.29) is 5.91 Å². The second-order valence-corrected chi connectivity index (χ2v) is 5.43. The zero-order valence-electron chi connectivity index (χ0n) is 11.9. The van der Waals surface area contributed by atoms with Gasteiger partial charge in [0.05, 0.1) is 0 Å². The summed E-state index contributed by atoms with van der Waals surface area (Å²) >= 11 is 0. The molecule has 0 radical (unpaired) electrons. The van der Waals surface area contributed by atoms with Gasteiger partial charge in [0.25, 0.3) is 5.91 Å². The van der Waals surface area contributed by atoms with E-state index in [0.29, 0.717) is 11.6 Å². The van der Waals surface area contributed by atoms with Gasteiger partial charge >= 0.3 is 0 Å². The summed E-state index contributed by atoms with van der Waals surface area (Å²) < 4.78 is 0. The van der Waals surface area contributed by atoms with E-state index in [1.807, 2.05) is 24.3 Å². The molecule has 1 fully saturated rings. The van der Waals surface area contributed by atoms with E-state index in [2.05, 4.69) is 17.6 Å². The van der Waals surface area contributed by atoms with Gasteiger partial charge in [-0.05, 0) is 55.9 Å². The van der Waals surface area contributed by atoms with E-state index in [4.69, 9.17) is 0 Å². The van der Waals surface area contributed by atoms with E-state index in [1.54, 1.807) is 7.05 Å². The molecule has 1 aromatic rings. The van der Waals surface area contributed by atoms with Crippen LogP contribution in [0.5, 0.6) is 0 Å². The zero-order chi connectivity index (χ0) is 13.7. The van der Waals surface area contributed by atoms with E-state index < -0.39 is 0 Å². The van der Waals surface area contributed by atoms with Crippen molar-refractivity contribution in [1.29, 1.82) is 0 Å². The Morgan fingerprint density at radius 2 is 1.79 bits per heavy atom. The minimum Gasteiger partial charge on any atom is -0.382 e. The predicted molar refractivity (Wildman–Crippen MR) is 79.5 cm³/mol. The second kappa shape index (κ2) is 6.60. The van der Waals surface area contributed by atoms with Crippen LogP contribution in [-0.2, 0) is 0 Å². The van der Waals surface area contributed by atoms with Crippen LogP contribution in [0, 0.1) is 5.92 Å². The minimum atomic E-state index is -0.0324. The normalized spacial score (nSPS) is 22.8. The Morgan fingerprint density at radius 1 is 1.16 bits per heavy atom. The highest BCUT2D eigenvalue weighted by Gasteiger charge is 2.19. The molecule has 0 bridgehead atoms. The van der Waals surface area contributed by atoms with Crippen LogP contribution in [0.2, 0.25) is 0 Å². The summed E-state index contributed by atoms with van der Waals surface area (Å²) in [4.78, 5) is 11.5. The average Bonchev–Trinajstić information content (AvgIpc) is 2.48. The fourth-order valence-electron chi connectivity index (χ4n) is 2.81. The molecular formula is C16H24N2O. The van der Waals surface area contributed by atoms with Gasteiger partial charge in [0.1, 0.15) is 0 Å². The Kier molecular flexibility index (Phi) is 4.83. The second-order valence-electron chi connectivity index (χ2n) is 5.43. The van der Waals surface area contributed by atoms with Gasteiger partial charge in [-0.3, -0.25) is 4.79 Å². The third-order valence-corrected chi connectivity index (χ3v) is 4.17. The fraction of sp³-hybridized carbons (Fsp3) is 0.562. The molecule has 0 saturated heterocycles. The molecule has 1 aromatic carbocycles. The maximum absolute atomic E-state index is 11.5. The SMILES string of the molecule is CCC1CCC(Nc2ccc(C(=O)NC)cc2)CC1. The molecule has 104 valence electrons. The lowest BCUT2D eigenvalue weighted by Gasteiger charge is -2.29. The summed E-state index contributed by atoms with van der Waals surface area (Å²) in [6, 6.07) is 8.33. The predicted octanol–water partition coefficient (Wildman–Crippen LogP) is 3.43. The average molecular weight is 260 g/mol. The number of carbonyl (C=O) groups excluding carboxylic acids is 1. The first kappa shape index (κ1) is 13.9. The van der Waals surface area contributed by atoms with E-state index in [9.17, 15) is 4.79 Å². The number of anilines is 1. The molecule has 0 aliphatic heterocycles. The van der Waals surface area contributed by atoms with Crippen LogP contribution < -0.4 is 10.6 Å². The molecule has 3 heteroatoms. The van der Waals surface area contributed by atoms with Crippen LogP contribution in [0.1, 0.15) is 49.4 Å². The van der Waals surface area contributed by atoms with Crippen LogP contribution in [0.4, 0.5) is 5.69 Å². The number of hydrogen-bond acceptors (Lipinski definition) is 2. The van der Waals surface area contributed by atoms with Gasteiger partial charge in [0, 0.05) is 24.3 Å². The zero-order valence-corrected chi connectivity index (χ0v) is 11.9. The maximum atomic E-state index is 11.5. The first-order valence-electron chi connectivity index (χ1n) is 7.31. The summed E-state index contributed by atoms with van der Waals surface area (Å²) in [5.74, 6) is 0.892. The number of nitrogens with one attached hydrogen (secondary N) is 2. The molecule has 1 saturated carbocycles. The van der Waals surface area contributed by atoms with Crippen LogP contribution in [0.15, 0.2) is 24.3 Å². The molecule has 3 nitrogen and oxygen atoms in total. The van der Waals surface area contributed by atoms with Crippen molar-refractivity contribution in [3.63, 3.8) is 0 Å². The highest BCUT2D eigenvalue weighted by molar-refractivity contribution is 5.94. The standard InChI is InChI=1S/C16H24N2O/c1-3-12-4-8-14(9-5-12)18-15-10-6-13(7-11-15)16(19)17-2/h6-7,10-12,14,18H,3-5,8-9H2,1-2H3,(H,17,19). The summed E-state index contributed by atoms with van der Waals surface area (Å²) in [7, 11) is 1.65. The van der Waals surface area contributed by atoms with Gasteiger partial charge in [0.15, 0.2) is 0 Å². The first-order chi connectivity index (χ1) is 9.22. The van der Waals surface area contributed by atoms with Crippen LogP contribution in [0.25, 0.3) is 0 Å². The lowest BCUT2D eigenvalue weighted by atomic mass is 9.84. The maximum Gasteiger partial charge on any atom is 0.251 e. The quantitative estimate of drug-likeness (QED) is 0.871. The van der Waals surface area contributed by atoms with Crippen molar-refractivity contribution >= 4 is 11.6 Å². The molecule has 0 heterocycles.